The van der Waals surface area contributed by atoms with Gasteiger partial charge in [-0.15, -0.1) is 0 Å². The van der Waals surface area contributed by atoms with Crippen LogP contribution in [0.15, 0.2) is 45.6 Å². The van der Waals surface area contributed by atoms with Crippen molar-refractivity contribution in [1.29, 1.82) is 0 Å². The van der Waals surface area contributed by atoms with Crippen molar-refractivity contribution in [2.24, 2.45) is 0 Å². The molecule has 0 saturated carbocycles. The Morgan fingerprint density at radius 2 is 1.78 bits per heavy atom. The van der Waals surface area contributed by atoms with Gasteiger partial charge in [0, 0.05) is 48.8 Å². The number of fused-ring (bicyclic) bond motifs is 1. The van der Waals surface area contributed by atoms with Gasteiger partial charge in [-0.1, -0.05) is 11.6 Å². The van der Waals surface area contributed by atoms with Crippen molar-refractivity contribution in [2.45, 2.75) is 19.9 Å². The summed E-state index contributed by atoms with van der Waals surface area (Å²) >= 11 is 5.99. The standard InChI is InChI=1S/C24H25ClN2O5/c1-15-18-7-8-21(28)20(23(18)32-24(30)19(15)13-22(29)31-2)14-26-9-11-27(12-10-26)17-5-3-16(25)4-6-17/h3-8,28H,9-14H2,1-2H3. The fraction of sp³-hybridized carbons (Fsp3) is 0.333. The largest absolute Gasteiger partial charge is 0.507 e. The van der Waals surface area contributed by atoms with Crippen LogP contribution in [-0.4, -0.2) is 49.3 Å². The first-order chi connectivity index (χ1) is 15.4. The van der Waals surface area contributed by atoms with E-state index in [4.69, 9.17) is 16.0 Å². The Kier molecular flexibility index (Phi) is 6.39. The minimum Gasteiger partial charge on any atom is -0.507 e. The number of aryl methyl sites for hydroxylation is 1. The maximum absolute atomic E-state index is 12.6. The Morgan fingerprint density at radius 1 is 1.09 bits per heavy atom. The van der Waals surface area contributed by atoms with Crippen LogP contribution in [-0.2, 0) is 22.5 Å². The number of hydrogen-bond acceptors (Lipinski definition) is 7. The second-order valence-electron chi connectivity index (χ2n) is 7.93. The van der Waals surface area contributed by atoms with E-state index in [1.807, 2.05) is 24.3 Å². The molecule has 1 saturated heterocycles. The Bertz CT molecular complexity index is 1200. The second-order valence-corrected chi connectivity index (χ2v) is 8.36. The lowest BCUT2D eigenvalue weighted by Gasteiger charge is -2.36. The molecular weight excluding hydrogens is 432 g/mol. The first-order valence-electron chi connectivity index (χ1n) is 10.4. The van der Waals surface area contributed by atoms with Crippen LogP contribution in [0.2, 0.25) is 5.02 Å². The topological polar surface area (TPSA) is 83.2 Å². The molecule has 0 amide bonds. The maximum atomic E-state index is 12.6. The number of carbonyl (C=O) groups excluding carboxylic acids is 1. The Hall–Kier alpha value is -3.03. The highest BCUT2D eigenvalue weighted by atomic mass is 35.5. The molecule has 4 rings (SSSR count). The number of aromatic hydroxyl groups is 1. The summed E-state index contributed by atoms with van der Waals surface area (Å²) in [6, 6.07) is 11.1. The molecule has 0 unspecified atom stereocenters. The van der Waals surface area contributed by atoms with Crippen molar-refractivity contribution in [1.82, 2.24) is 4.90 Å². The number of carbonyl (C=O) groups is 1. The Morgan fingerprint density at radius 3 is 2.44 bits per heavy atom. The number of phenols is 1. The fourth-order valence-corrected chi connectivity index (χ4v) is 4.24. The van der Waals surface area contributed by atoms with E-state index in [9.17, 15) is 14.7 Å². The summed E-state index contributed by atoms with van der Waals surface area (Å²) in [7, 11) is 1.28. The van der Waals surface area contributed by atoms with Crippen LogP contribution >= 0.6 is 11.6 Å². The molecular formula is C24H25ClN2O5. The smallest absolute Gasteiger partial charge is 0.340 e. The van der Waals surface area contributed by atoms with Crippen molar-refractivity contribution in [2.75, 3.05) is 38.2 Å². The van der Waals surface area contributed by atoms with Crippen LogP contribution in [0.25, 0.3) is 11.0 Å². The van der Waals surface area contributed by atoms with Crippen molar-refractivity contribution < 1.29 is 19.1 Å². The van der Waals surface area contributed by atoms with Crippen LogP contribution in [0.3, 0.4) is 0 Å². The molecule has 0 atom stereocenters. The molecule has 1 fully saturated rings. The zero-order chi connectivity index (χ0) is 22.8. The number of methoxy groups -OCH3 is 1. The molecule has 0 bridgehead atoms. The van der Waals surface area contributed by atoms with Crippen molar-refractivity contribution in [3.8, 4) is 5.75 Å². The van der Waals surface area contributed by atoms with Gasteiger partial charge in [0.15, 0.2) is 0 Å². The normalized spacial score (nSPS) is 14.7. The summed E-state index contributed by atoms with van der Waals surface area (Å²) in [5, 5.41) is 12.0. The number of phenolic OH excluding ortho intramolecular Hbond substituents is 1. The minimum atomic E-state index is -0.584. The van der Waals surface area contributed by atoms with E-state index >= 15 is 0 Å². The van der Waals surface area contributed by atoms with Gasteiger partial charge in [-0.05, 0) is 48.9 Å². The molecule has 1 aliphatic heterocycles. The number of rotatable bonds is 5. The zero-order valence-electron chi connectivity index (χ0n) is 18.1. The molecule has 2 heterocycles. The van der Waals surface area contributed by atoms with E-state index < -0.39 is 11.6 Å². The van der Waals surface area contributed by atoms with Crippen LogP contribution in [0.1, 0.15) is 16.7 Å². The molecule has 1 aliphatic rings. The second kappa shape index (κ2) is 9.22. The molecule has 168 valence electrons. The van der Waals surface area contributed by atoms with Crippen molar-refractivity contribution in [3.63, 3.8) is 0 Å². The average molecular weight is 457 g/mol. The molecule has 8 heteroatoms. The SMILES string of the molecule is COC(=O)Cc1c(C)c2ccc(O)c(CN3CCN(c4ccc(Cl)cc4)CC3)c2oc1=O. The van der Waals surface area contributed by atoms with Crippen LogP contribution in [0.4, 0.5) is 5.69 Å². The van der Waals surface area contributed by atoms with Crippen LogP contribution in [0.5, 0.6) is 5.75 Å². The number of ether oxygens (including phenoxy) is 1. The zero-order valence-corrected chi connectivity index (χ0v) is 18.8. The summed E-state index contributed by atoms with van der Waals surface area (Å²) < 4.78 is 10.3. The van der Waals surface area contributed by atoms with Crippen LogP contribution < -0.4 is 10.5 Å². The average Bonchev–Trinajstić information content (AvgIpc) is 2.79. The molecule has 3 aromatic rings. The predicted octanol–water partition coefficient (Wildman–Crippen LogP) is 3.50. The third-order valence-electron chi connectivity index (χ3n) is 6.03. The molecule has 7 nitrogen and oxygen atoms in total. The van der Waals surface area contributed by atoms with Gasteiger partial charge in [-0.2, -0.15) is 0 Å². The van der Waals surface area contributed by atoms with E-state index in [1.54, 1.807) is 19.1 Å². The van der Waals surface area contributed by atoms with Gasteiger partial charge < -0.3 is 19.2 Å². The van der Waals surface area contributed by atoms with Crippen molar-refractivity contribution in [3.05, 3.63) is 68.5 Å². The summed E-state index contributed by atoms with van der Waals surface area (Å²) in [6.45, 7) is 5.49. The van der Waals surface area contributed by atoms with Gasteiger partial charge in [0.05, 0.1) is 24.7 Å². The van der Waals surface area contributed by atoms with Gasteiger partial charge in [-0.25, -0.2) is 4.79 Å². The maximum Gasteiger partial charge on any atom is 0.340 e. The van der Waals surface area contributed by atoms with Crippen LogP contribution in [0, 0.1) is 6.92 Å². The number of anilines is 1. The van der Waals surface area contributed by atoms with E-state index in [0.29, 0.717) is 33.7 Å². The van der Waals surface area contributed by atoms with E-state index in [2.05, 4.69) is 14.5 Å². The highest BCUT2D eigenvalue weighted by Gasteiger charge is 2.22. The van der Waals surface area contributed by atoms with Gasteiger partial charge in [0.1, 0.15) is 11.3 Å². The number of benzene rings is 2. The number of hydrogen-bond donors (Lipinski definition) is 1. The predicted molar refractivity (Wildman–Crippen MR) is 124 cm³/mol. The Balaban J connectivity index is 1.57. The van der Waals surface area contributed by atoms with E-state index in [1.165, 1.54) is 7.11 Å². The number of halogens is 1. The molecule has 32 heavy (non-hydrogen) atoms. The van der Waals surface area contributed by atoms with Gasteiger partial charge >= 0.3 is 11.6 Å². The van der Waals surface area contributed by atoms with Gasteiger partial charge in [-0.3, -0.25) is 9.69 Å². The first-order valence-corrected chi connectivity index (χ1v) is 10.8. The molecule has 0 spiro atoms. The van der Waals surface area contributed by atoms with Gasteiger partial charge in [0.2, 0.25) is 0 Å². The summed E-state index contributed by atoms with van der Waals surface area (Å²) in [4.78, 5) is 28.8. The number of nitrogens with zero attached hydrogens (tertiary/aromatic N) is 2. The van der Waals surface area contributed by atoms with E-state index in [0.717, 1.165) is 31.9 Å². The molecule has 1 aromatic heterocycles. The molecule has 0 aliphatic carbocycles. The lowest BCUT2D eigenvalue weighted by molar-refractivity contribution is -0.139. The highest BCUT2D eigenvalue weighted by molar-refractivity contribution is 6.30. The number of esters is 1. The minimum absolute atomic E-state index is 0.0842. The monoisotopic (exact) mass is 456 g/mol. The van der Waals surface area contributed by atoms with Gasteiger partial charge in [0.25, 0.3) is 0 Å². The van der Waals surface area contributed by atoms with Crippen molar-refractivity contribution >= 4 is 34.2 Å². The van der Waals surface area contributed by atoms with E-state index in [-0.39, 0.29) is 17.7 Å². The molecule has 1 N–H and O–H groups in total. The Labute approximate surface area is 190 Å². The quantitative estimate of drug-likeness (QED) is 0.464. The molecule has 0 radical (unpaired) electrons. The molecule has 2 aromatic carbocycles. The summed E-state index contributed by atoms with van der Waals surface area (Å²) in [6.07, 6.45) is -0.149. The number of piperazine rings is 1. The lowest BCUT2D eigenvalue weighted by atomic mass is 10.0. The lowest BCUT2D eigenvalue weighted by Crippen LogP contribution is -2.46. The fourth-order valence-electron chi connectivity index (χ4n) is 4.11. The summed E-state index contributed by atoms with van der Waals surface area (Å²) in [5.41, 5.74) is 2.42. The highest BCUT2D eigenvalue weighted by Crippen LogP contribution is 2.31. The third-order valence-corrected chi connectivity index (χ3v) is 6.28. The third kappa shape index (κ3) is 4.45. The summed E-state index contributed by atoms with van der Waals surface area (Å²) in [5.74, 6) is -0.418. The first kappa shape index (κ1) is 22.2.